The number of aromatic nitrogens is 1. The molecule has 0 spiro atoms. The van der Waals surface area contributed by atoms with Crippen LogP contribution in [-0.4, -0.2) is 24.2 Å². The number of rotatable bonds is 4. The quantitative estimate of drug-likeness (QED) is 0.627. The summed E-state index contributed by atoms with van der Waals surface area (Å²) in [7, 11) is 0. The number of anilines is 1. The van der Waals surface area contributed by atoms with Crippen molar-refractivity contribution in [2.24, 2.45) is 0 Å². The van der Waals surface area contributed by atoms with E-state index in [2.05, 4.69) is 57.6 Å². The van der Waals surface area contributed by atoms with Crippen LogP contribution < -0.4 is 9.64 Å². The van der Waals surface area contributed by atoms with Gasteiger partial charge in [0.2, 0.25) is 0 Å². The minimum Gasteiger partial charge on any atom is -0.490 e. The van der Waals surface area contributed by atoms with Crippen LogP contribution in [0.3, 0.4) is 0 Å². The second kappa shape index (κ2) is 7.71. The summed E-state index contributed by atoms with van der Waals surface area (Å²) in [6.45, 7) is 4.03. The Balaban J connectivity index is 1.61. The van der Waals surface area contributed by atoms with Gasteiger partial charge in [-0.05, 0) is 59.3 Å². The predicted octanol–water partition coefficient (Wildman–Crippen LogP) is 4.95. The number of pyridine rings is 1. The third-order valence-electron chi connectivity index (χ3n) is 4.15. The minimum atomic E-state index is 0.276. The van der Waals surface area contributed by atoms with Crippen molar-refractivity contribution in [3.8, 4) is 5.75 Å². The molecule has 0 aliphatic carbocycles. The molecule has 3 nitrogen and oxygen atoms in total. The Bertz CT molecular complexity index is 655. The van der Waals surface area contributed by atoms with Gasteiger partial charge < -0.3 is 9.64 Å². The molecule has 0 saturated carbocycles. The van der Waals surface area contributed by atoms with Crippen LogP contribution in [0.25, 0.3) is 0 Å². The predicted molar refractivity (Wildman–Crippen MR) is 104 cm³/mol. The molecular weight excluding hydrogens is 423 g/mol. The largest absolute Gasteiger partial charge is 0.490 e. The van der Waals surface area contributed by atoms with Gasteiger partial charge >= 0.3 is 0 Å². The van der Waals surface area contributed by atoms with Crippen molar-refractivity contribution in [3.05, 3.63) is 50.8 Å². The van der Waals surface area contributed by atoms with E-state index in [-0.39, 0.29) is 6.10 Å². The smallest absolute Gasteiger partial charge is 0.119 e. The van der Waals surface area contributed by atoms with Crippen molar-refractivity contribution < 1.29 is 4.74 Å². The molecular formula is C18H20ClIN2O. The fourth-order valence-corrected chi connectivity index (χ4v) is 3.41. The van der Waals surface area contributed by atoms with E-state index < -0.39 is 0 Å². The van der Waals surface area contributed by atoms with E-state index >= 15 is 0 Å². The van der Waals surface area contributed by atoms with Crippen molar-refractivity contribution in [2.75, 3.05) is 18.0 Å². The van der Waals surface area contributed by atoms with Crippen molar-refractivity contribution >= 4 is 39.9 Å². The average molecular weight is 443 g/mol. The van der Waals surface area contributed by atoms with Crippen LogP contribution in [0.4, 0.5) is 5.69 Å². The summed E-state index contributed by atoms with van der Waals surface area (Å²) in [6.07, 6.45) is 4.98. The molecule has 1 saturated heterocycles. The van der Waals surface area contributed by atoms with Gasteiger partial charge in [-0.2, -0.15) is 0 Å². The Morgan fingerprint density at radius 2 is 1.96 bits per heavy atom. The van der Waals surface area contributed by atoms with Gasteiger partial charge in [0, 0.05) is 41.4 Å². The third-order valence-corrected chi connectivity index (χ3v) is 5.16. The first-order valence-electron chi connectivity index (χ1n) is 7.97. The fourth-order valence-electron chi connectivity index (χ4n) is 2.83. The number of piperidine rings is 1. The lowest BCUT2D eigenvalue weighted by molar-refractivity contribution is 0.171. The zero-order chi connectivity index (χ0) is 16.2. The number of ether oxygens (including phenoxy) is 1. The monoisotopic (exact) mass is 442 g/mol. The van der Waals surface area contributed by atoms with Gasteiger partial charge in [0.1, 0.15) is 11.9 Å². The highest BCUT2D eigenvalue weighted by atomic mass is 127. The van der Waals surface area contributed by atoms with Crippen molar-refractivity contribution in [1.82, 2.24) is 4.98 Å². The van der Waals surface area contributed by atoms with Gasteiger partial charge in [-0.3, -0.25) is 4.98 Å². The first kappa shape index (κ1) is 16.8. The van der Waals surface area contributed by atoms with Crippen LogP contribution in [-0.2, 0) is 6.42 Å². The molecule has 1 fully saturated rings. The maximum atomic E-state index is 6.33. The molecule has 3 rings (SSSR count). The van der Waals surface area contributed by atoms with Crippen LogP contribution in [0.1, 0.15) is 25.5 Å². The fraction of sp³-hybridized carbons (Fsp3) is 0.389. The molecule has 0 amide bonds. The molecule has 1 aromatic heterocycles. The highest BCUT2D eigenvalue weighted by molar-refractivity contribution is 14.1. The Morgan fingerprint density at radius 1 is 1.26 bits per heavy atom. The van der Waals surface area contributed by atoms with Crippen molar-refractivity contribution in [3.63, 3.8) is 0 Å². The third kappa shape index (κ3) is 4.29. The lowest BCUT2D eigenvalue weighted by atomic mass is 10.1. The molecule has 2 aromatic rings. The summed E-state index contributed by atoms with van der Waals surface area (Å²) in [4.78, 5) is 6.69. The minimum absolute atomic E-state index is 0.276. The Morgan fingerprint density at radius 3 is 2.61 bits per heavy atom. The normalized spacial score (nSPS) is 15.7. The standard InChI is InChI=1S/C18H20ClIN2O/c1-2-14-11-18(17(19)12-21-14)22-9-7-16(8-10-22)23-15-5-3-13(20)4-6-15/h3-6,11-12,16H,2,7-10H2,1H3. The maximum absolute atomic E-state index is 6.33. The maximum Gasteiger partial charge on any atom is 0.119 e. The second-order valence-electron chi connectivity index (χ2n) is 5.74. The first-order valence-corrected chi connectivity index (χ1v) is 9.43. The Labute approximate surface area is 156 Å². The number of hydrogen-bond acceptors (Lipinski definition) is 3. The number of halogens is 2. The molecule has 0 atom stereocenters. The molecule has 122 valence electrons. The topological polar surface area (TPSA) is 25.4 Å². The summed E-state index contributed by atoms with van der Waals surface area (Å²) >= 11 is 8.64. The van der Waals surface area contributed by atoms with Gasteiger partial charge in [0.25, 0.3) is 0 Å². The zero-order valence-corrected chi connectivity index (χ0v) is 16.0. The molecule has 1 aromatic carbocycles. The SMILES string of the molecule is CCc1cc(N2CCC(Oc3ccc(I)cc3)CC2)c(Cl)cn1. The van der Waals surface area contributed by atoms with Crippen LogP contribution >= 0.6 is 34.2 Å². The summed E-state index contributed by atoms with van der Waals surface area (Å²) in [5.74, 6) is 0.957. The molecule has 0 N–H and O–H groups in total. The lowest BCUT2D eigenvalue weighted by Gasteiger charge is -2.34. The molecule has 0 bridgehead atoms. The van der Waals surface area contributed by atoms with E-state index in [1.165, 1.54) is 3.57 Å². The Hall–Kier alpha value is -1.01. The summed E-state index contributed by atoms with van der Waals surface area (Å²) in [6, 6.07) is 10.4. The Kier molecular flexibility index (Phi) is 5.64. The zero-order valence-electron chi connectivity index (χ0n) is 13.1. The molecule has 2 heterocycles. The average Bonchev–Trinajstić information content (AvgIpc) is 2.58. The number of hydrogen-bond donors (Lipinski definition) is 0. The highest BCUT2D eigenvalue weighted by Crippen LogP contribution is 2.29. The van der Waals surface area contributed by atoms with Gasteiger partial charge in [0.05, 0.1) is 10.7 Å². The number of nitrogens with zero attached hydrogens (tertiary/aromatic N) is 2. The van der Waals surface area contributed by atoms with E-state index in [0.717, 1.165) is 54.5 Å². The summed E-state index contributed by atoms with van der Waals surface area (Å²) < 4.78 is 7.32. The molecule has 1 aliphatic heterocycles. The second-order valence-corrected chi connectivity index (χ2v) is 7.39. The molecule has 1 aliphatic rings. The van der Waals surface area contributed by atoms with Gasteiger partial charge in [0.15, 0.2) is 0 Å². The highest BCUT2D eigenvalue weighted by Gasteiger charge is 2.22. The summed E-state index contributed by atoms with van der Waals surface area (Å²) in [5, 5.41) is 0.735. The van der Waals surface area contributed by atoms with E-state index in [1.807, 2.05) is 12.1 Å². The molecule has 23 heavy (non-hydrogen) atoms. The van der Waals surface area contributed by atoms with E-state index in [1.54, 1.807) is 6.20 Å². The van der Waals surface area contributed by atoms with E-state index in [4.69, 9.17) is 16.3 Å². The van der Waals surface area contributed by atoms with Gasteiger partial charge in [-0.15, -0.1) is 0 Å². The summed E-state index contributed by atoms with van der Waals surface area (Å²) in [5.41, 5.74) is 2.19. The first-order chi connectivity index (χ1) is 11.2. The van der Waals surface area contributed by atoms with E-state index in [9.17, 15) is 0 Å². The number of aryl methyl sites for hydroxylation is 1. The van der Waals surface area contributed by atoms with Crippen molar-refractivity contribution in [2.45, 2.75) is 32.3 Å². The van der Waals surface area contributed by atoms with Crippen LogP contribution in [0.5, 0.6) is 5.75 Å². The lowest BCUT2D eigenvalue weighted by Crippen LogP contribution is -2.38. The van der Waals surface area contributed by atoms with Gasteiger partial charge in [-0.25, -0.2) is 0 Å². The molecule has 0 radical (unpaired) electrons. The molecule has 0 unspecified atom stereocenters. The number of benzene rings is 1. The van der Waals surface area contributed by atoms with Crippen molar-refractivity contribution in [1.29, 1.82) is 0 Å². The van der Waals surface area contributed by atoms with Crippen LogP contribution in [0.2, 0.25) is 5.02 Å². The van der Waals surface area contributed by atoms with Crippen LogP contribution in [0.15, 0.2) is 36.5 Å². The van der Waals surface area contributed by atoms with E-state index in [0.29, 0.717) is 0 Å². The van der Waals surface area contributed by atoms with Crippen LogP contribution in [0, 0.1) is 3.57 Å². The van der Waals surface area contributed by atoms with Gasteiger partial charge in [-0.1, -0.05) is 18.5 Å². The molecule has 5 heteroatoms.